The van der Waals surface area contributed by atoms with Crippen LogP contribution in [0.5, 0.6) is 5.75 Å². The predicted molar refractivity (Wildman–Crippen MR) is 83.8 cm³/mol. The first-order valence-electron chi connectivity index (χ1n) is 7.03. The molecule has 0 saturated carbocycles. The fraction of sp³-hybridized carbons (Fsp3) is 0.294. The van der Waals surface area contributed by atoms with Gasteiger partial charge in [-0.1, -0.05) is 17.7 Å². The van der Waals surface area contributed by atoms with Gasteiger partial charge in [-0.25, -0.2) is 4.39 Å². The van der Waals surface area contributed by atoms with Crippen LogP contribution in [-0.4, -0.2) is 13.2 Å². The minimum atomic E-state index is -0.307. The summed E-state index contributed by atoms with van der Waals surface area (Å²) < 4.78 is 19.1. The van der Waals surface area contributed by atoms with Crippen molar-refractivity contribution in [2.75, 3.05) is 12.4 Å². The van der Waals surface area contributed by atoms with Gasteiger partial charge in [0.05, 0.1) is 12.8 Å². The molecule has 4 heteroatoms. The van der Waals surface area contributed by atoms with Crippen molar-refractivity contribution in [3.63, 3.8) is 0 Å². The molecule has 2 nitrogen and oxygen atoms in total. The van der Waals surface area contributed by atoms with Gasteiger partial charge in [-0.15, -0.1) is 0 Å². The Bertz CT molecular complexity index is 659. The van der Waals surface area contributed by atoms with Gasteiger partial charge in [0, 0.05) is 11.1 Å². The van der Waals surface area contributed by atoms with Crippen LogP contribution in [0.1, 0.15) is 17.5 Å². The summed E-state index contributed by atoms with van der Waals surface area (Å²) in [5.41, 5.74) is 3.13. The molecule has 2 aromatic rings. The molecule has 1 N–H and O–H groups in total. The molecule has 0 aliphatic heterocycles. The molecule has 0 aromatic heterocycles. The van der Waals surface area contributed by atoms with Crippen molar-refractivity contribution in [3.8, 4) is 5.75 Å². The highest BCUT2D eigenvalue weighted by Gasteiger charge is 2.20. The number of methoxy groups -OCH3 is 1. The second-order valence-corrected chi connectivity index (χ2v) is 5.78. The number of hydrogen-bond donors (Lipinski definition) is 1. The second-order valence-electron chi connectivity index (χ2n) is 5.34. The van der Waals surface area contributed by atoms with E-state index in [2.05, 4.69) is 17.4 Å². The van der Waals surface area contributed by atoms with Gasteiger partial charge in [0.15, 0.2) is 0 Å². The fourth-order valence-electron chi connectivity index (χ4n) is 2.81. The highest BCUT2D eigenvalue weighted by atomic mass is 35.5. The van der Waals surface area contributed by atoms with Crippen LogP contribution in [-0.2, 0) is 12.8 Å². The zero-order chi connectivity index (χ0) is 14.8. The number of fused-ring (bicyclic) bond motifs is 1. The van der Waals surface area contributed by atoms with E-state index in [1.807, 2.05) is 6.07 Å². The molecule has 0 amide bonds. The van der Waals surface area contributed by atoms with Crippen LogP contribution >= 0.6 is 11.6 Å². The van der Waals surface area contributed by atoms with Crippen molar-refractivity contribution >= 4 is 17.3 Å². The molecular formula is C17H17ClFNO. The molecule has 1 aliphatic rings. The number of nitrogens with one attached hydrogen (secondary N) is 1. The third kappa shape index (κ3) is 3.13. The number of rotatable bonds is 3. The van der Waals surface area contributed by atoms with E-state index < -0.39 is 0 Å². The molecular weight excluding hydrogens is 289 g/mol. The molecule has 0 saturated heterocycles. The summed E-state index contributed by atoms with van der Waals surface area (Å²) in [5.74, 6) is 0.561. The number of hydrogen-bond acceptors (Lipinski definition) is 2. The Morgan fingerprint density at radius 1 is 1.19 bits per heavy atom. The molecule has 1 aliphatic carbocycles. The molecule has 0 spiro atoms. The average molecular weight is 306 g/mol. The number of aryl methyl sites for hydroxylation is 1. The van der Waals surface area contributed by atoms with E-state index >= 15 is 0 Å². The second kappa shape index (κ2) is 5.94. The first-order chi connectivity index (χ1) is 10.2. The van der Waals surface area contributed by atoms with Crippen molar-refractivity contribution in [2.45, 2.75) is 25.3 Å². The summed E-state index contributed by atoms with van der Waals surface area (Å²) in [6, 6.07) is 11.1. The van der Waals surface area contributed by atoms with E-state index in [1.54, 1.807) is 19.2 Å². The van der Waals surface area contributed by atoms with Crippen LogP contribution in [0, 0.1) is 5.82 Å². The molecule has 1 unspecified atom stereocenters. The molecule has 21 heavy (non-hydrogen) atoms. The quantitative estimate of drug-likeness (QED) is 0.904. The molecule has 0 bridgehead atoms. The minimum absolute atomic E-state index is 0.222. The van der Waals surface area contributed by atoms with Gasteiger partial charge in [-0.05, 0) is 60.7 Å². The van der Waals surface area contributed by atoms with Crippen LogP contribution < -0.4 is 10.1 Å². The summed E-state index contributed by atoms with van der Waals surface area (Å²) in [4.78, 5) is 0. The summed E-state index contributed by atoms with van der Waals surface area (Å²) in [6.07, 6.45) is 2.85. The van der Waals surface area contributed by atoms with E-state index in [0.717, 1.165) is 25.0 Å². The zero-order valence-corrected chi connectivity index (χ0v) is 12.6. The van der Waals surface area contributed by atoms with Gasteiger partial charge in [-0.2, -0.15) is 0 Å². The van der Waals surface area contributed by atoms with Crippen LogP contribution in [0.2, 0.25) is 5.02 Å². The van der Waals surface area contributed by atoms with Gasteiger partial charge in [0.25, 0.3) is 0 Å². The highest BCUT2D eigenvalue weighted by Crippen LogP contribution is 2.28. The van der Waals surface area contributed by atoms with Crippen LogP contribution in [0.3, 0.4) is 0 Å². The molecule has 1 atom stereocenters. The molecule has 3 rings (SSSR count). The van der Waals surface area contributed by atoms with Crippen LogP contribution in [0.25, 0.3) is 0 Å². The topological polar surface area (TPSA) is 21.3 Å². The monoisotopic (exact) mass is 305 g/mol. The van der Waals surface area contributed by atoms with Gasteiger partial charge < -0.3 is 10.1 Å². The van der Waals surface area contributed by atoms with Gasteiger partial charge >= 0.3 is 0 Å². The maximum Gasteiger partial charge on any atom is 0.147 e. The average Bonchev–Trinajstić information content (AvgIpc) is 2.49. The standard InChI is InChI=1S/C17H17ClFNO/c1-21-15-6-3-11-2-5-14(8-12(11)9-15)20-17-7-4-13(18)10-16(17)19/h3-4,6-7,9-10,14,20H,2,5,8H2,1H3. The first-order valence-corrected chi connectivity index (χ1v) is 7.41. The molecule has 110 valence electrons. The van der Waals surface area contributed by atoms with Crippen molar-refractivity contribution in [1.29, 1.82) is 0 Å². The van der Waals surface area contributed by atoms with E-state index in [0.29, 0.717) is 10.7 Å². The SMILES string of the molecule is COc1ccc2c(c1)CC(Nc1ccc(Cl)cc1F)CC2. The Balaban J connectivity index is 1.76. The lowest BCUT2D eigenvalue weighted by Crippen LogP contribution is -2.27. The maximum absolute atomic E-state index is 13.9. The summed E-state index contributed by atoms with van der Waals surface area (Å²) in [7, 11) is 1.67. The normalized spacial score (nSPS) is 17.2. The highest BCUT2D eigenvalue weighted by molar-refractivity contribution is 6.30. The van der Waals surface area contributed by atoms with Crippen molar-refractivity contribution in [1.82, 2.24) is 0 Å². The van der Waals surface area contributed by atoms with E-state index in [1.165, 1.54) is 17.2 Å². The molecule has 0 radical (unpaired) electrons. The Kier molecular flexibility index (Phi) is 4.02. The van der Waals surface area contributed by atoms with E-state index in [4.69, 9.17) is 16.3 Å². The lowest BCUT2D eigenvalue weighted by molar-refractivity contribution is 0.413. The summed E-state index contributed by atoms with van der Waals surface area (Å²) in [5, 5.41) is 3.69. The van der Waals surface area contributed by atoms with Crippen molar-refractivity contribution in [3.05, 3.63) is 58.4 Å². The van der Waals surface area contributed by atoms with Gasteiger partial charge in [0.2, 0.25) is 0 Å². The third-order valence-corrected chi connectivity index (χ3v) is 4.17. The Hall–Kier alpha value is -1.74. The largest absolute Gasteiger partial charge is 0.497 e. The van der Waals surface area contributed by atoms with Crippen molar-refractivity contribution < 1.29 is 9.13 Å². The number of halogens is 2. The van der Waals surface area contributed by atoms with Gasteiger partial charge in [-0.3, -0.25) is 0 Å². The smallest absolute Gasteiger partial charge is 0.147 e. The van der Waals surface area contributed by atoms with E-state index in [9.17, 15) is 4.39 Å². The predicted octanol–water partition coefficient (Wildman–Crippen LogP) is 4.46. The van der Waals surface area contributed by atoms with Gasteiger partial charge in [0.1, 0.15) is 11.6 Å². The molecule has 0 fully saturated rings. The zero-order valence-electron chi connectivity index (χ0n) is 11.8. The van der Waals surface area contributed by atoms with Crippen LogP contribution in [0.4, 0.5) is 10.1 Å². The minimum Gasteiger partial charge on any atom is -0.497 e. The number of ether oxygens (including phenoxy) is 1. The molecule has 0 heterocycles. The Morgan fingerprint density at radius 3 is 2.81 bits per heavy atom. The third-order valence-electron chi connectivity index (χ3n) is 3.93. The summed E-state index contributed by atoms with van der Waals surface area (Å²) in [6.45, 7) is 0. The molecule has 2 aromatic carbocycles. The summed E-state index contributed by atoms with van der Waals surface area (Å²) >= 11 is 5.78. The van der Waals surface area contributed by atoms with Crippen LogP contribution in [0.15, 0.2) is 36.4 Å². The van der Waals surface area contributed by atoms with E-state index in [-0.39, 0.29) is 11.9 Å². The number of anilines is 1. The van der Waals surface area contributed by atoms with Crippen molar-refractivity contribution in [2.24, 2.45) is 0 Å². The first kappa shape index (κ1) is 14.2. The Labute approximate surface area is 128 Å². The maximum atomic E-state index is 13.9. The lowest BCUT2D eigenvalue weighted by atomic mass is 9.88. The fourth-order valence-corrected chi connectivity index (χ4v) is 2.97. The lowest BCUT2D eigenvalue weighted by Gasteiger charge is -2.27. The Morgan fingerprint density at radius 2 is 2.05 bits per heavy atom. The number of benzene rings is 2.